The van der Waals surface area contributed by atoms with Gasteiger partial charge in [0.05, 0.1) is 40.1 Å². The molecule has 0 aliphatic carbocycles. The van der Waals surface area contributed by atoms with Gasteiger partial charge in [-0.1, -0.05) is 23.4 Å². The molecular formula is C21H20ClN5O2S2. The van der Waals surface area contributed by atoms with E-state index < -0.39 is 0 Å². The van der Waals surface area contributed by atoms with Crippen LogP contribution in [0.25, 0.3) is 0 Å². The molecule has 31 heavy (non-hydrogen) atoms. The van der Waals surface area contributed by atoms with Crippen LogP contribution in [-0.4, -0.2) is 48.4 Å². The Bertz CT molecular complexity index is 1120. The van der Waals surface area contributed by atoms with E-state index in [2.05, 4.69) is 36.4 Å². The molecule has 1 aliphatic heterocycles. The van der Waals surface area contributed by atoms with Crippen LogP contribution in [0.3, 0.4) is 0 Å². The Morgan fingerprint density at radius 1 is 1.23 bits per heavy atom. The van der Waals surface area contributed by atoms with E-state index in [1.165, 1.54) is 23.3 Å². The number of hydrogen-bond donors (Lipinski definition) is 1. The van der Waals surface area contributed by atoms with E-state index in [1.54, 1.807) is 19.6 Å². The molecule has 160 valence electrons. The molecule has 0 bridgehead atoms. The van der Waals surface area contributed by atoms with Crippen LogP contribution in [0.15, 0.2) is 34.9 Å². The fraction of sp³-hybridized carbons (Fsp3) is 0.286. The Kier molecular flexibility index (Phi) is 7.14. The number of nitrogens with one attached hydrogen (secondary N) is 1. The number of halogens is 1. The molecule has 1 aliphatic rings. The minimum Gasteiger partial charge on any atom is -0.480 e. The summed E-state index contributed by atoms with van der Waals surface area (Å²) >= 11 is 8.95. The number of thiophene rings is 1. The maximum absolute atomic E-state index is 6.01. The molecule has 1 N–H and O–H groups in total. The van der Waals surface area contributed by atoms with Gasteiger partial charge in [-0.25, -0.2) is 15.0 Å². The number of hydrogen-bond acceptors (Lipinski definition) is 9. The van der Waals surface area contributed by atoms with Gasteiger partial charge in [-0.15, -0.1) is 11.3 Å². The first-order valence-electron chi connectivity index (χ1n) is 9.52. The van der Waals surface area contributed by atoms with Gasteiger partial charge in [0.15, 0.2) is 0 Å². The van der Waals surface area contributed by atoms with E-state index in [4.69, 9.17) is 21.1 Å². The van der Waals surface area contributed by atoms with Crippen molar-refractivity contribution in [1.82, 2.24) is 15.0 Å². The van der Waals surface area contributed by atoms with Gasteiger partial charge in [0.2, 0.25) is 5.88 Å². The van der Waals surface area contributed by atoms with Crippen molar-refractivity contribution in [2.75, 3.05) is 43.0 Å². The number of ether oxygens (including phenoxy) is 2. The molecule has 10 heteroatoms. The topological polar surface area (TPSA) is 72.4 Å². The average molecular weight is 474 g/mol. The largest absolute Gasteiger partial charge is 0.480 e. The van der Waals surface area contributed by atoms with Crippen molar-refractivity contribution in [3.63, 3.8) is 0 Å². The van der Waals surface area contributed by atoms with E-state index in [9.17, 15) is 0 Å². The fourth-order valence-electron chi connectivity index (χ4n) is 2.97. The summed E-state index contributed by atoms with van der Waals surface area (Å²) in [5.74, 6) is 7.79. The molecule has 0 atom stereocenters. The number of methoxy groups -OCH3 is 1. The lowest BCUT2D eigenvalue weighted by atomic mass is 10.2. The molecule has 1 saturated heterocycles. The number of aryl methyl sites for hydroxylation is 1. The number of pyridine rings is 1. The molecule has 4 rings (SSSR count). The standard InChI is InChI=1S/C21H20ClN5O2S2/c1-14-16(20(25-13-24-14)27-7-9-29-10-8-27)4-3-15-11-17(21(28-2)23-12-15)26-31-19-6-5-18(22)30-19/h5-6,11-13,26H,7-10H2,1-2H3. The summed E-state index contributed by atoms with van der Waals surface area (Å²) in [6, 6.07) is 5.73. The third-order valence-corrected chi connectivity index (χ3v) is 6.70. The predicted octanol–water partition coefficient (Wildman–Crippen LogP) is 4.26. The first-order chi connectivity index (χ1) is 15.1. The number of morpholine rings is 1. The highest BCUT2D eigenvalue weighted by Crippen LogP contribution is 2.33. The summed E-state index contributed by atoms with van der Waals surface area (Å²) in [6.07, 6.45) is 3.27. The second kappa shape index (κ2) is 10.2. The molecule has 0 spiro atoms. The minimum absolute atomic E-state index is 0.494. The van der Waals surface area contributed by atoms with Gasteiger partial charge >= 0.3 is 0 Å². The van der Waals surface area contributed by atoms with Gasteiger partial charge in [-0.2, -0.15) is 0 Å². The molecule has 4 heterocycles. The first kappa shape index (κ1) is 21.7. The van der Waals surface area contributed by atoms with Gasteiger partial charge in [-0.3, -0.25) is 0 Å². The van der Waals surface area contributed by atoms with E-state index in [1.807, 2.05) is 25.1 Å². The molecule has 0 aromatic carbocycles. The summed E-state index contributed by atoms with van der Waals surface area (Å²) in [6.45, 7) is 4.87. The molecule has 7 nitrogen and oxygen atoms in total. The lowest BCUT2D eigenvalue weighted by Crippen LogP contribution is -2.37. The van der Waals surface area contributed by atoms with Crippen molar-refractivity contribution < 1.29 is 9.47 Å². The zero-order chi connectivity index (χ0) is 21.6. The molecule has 3 aromatic heterocycles. The van der Waals surface area contributed by atoms with Crippen LogP contribution >= 0.6 is 34.9 Å². The van der Waals surface area contributed by atoms with Crippen molar-refractivity contribution in [3.8, 4) is 17.7 Å². The summed E-state index contributed by atoms with van der Waals surface area (Å²) in [7, 11) is 1.59. The Labute approximate surface area is 194 Å². The number of rotatable bonds is 5. The Hall–Kier alpha value is -2.51. The second-order valence-electron chi connectivity index (χ2n) is 6.55. The zero-order valence-corrected chi connectivity index (χ0v) is 19.4. The SMILES string of the molecule is COc1ncc(C#Cc2c(C)ncnc2N2CCOCC2)cc1NSc1ccc(Cl)s1. The maximum Gasteiger partial charge on any atom is 0.238 e. The van der Waals surface area contributed by atoms with Crippen LogP contribution in [0.2, 0.25) is 4.34 Å². The molecule has 1 fully saturated rings. The van der Waals surface area contributed by atoms with Gasteiger partial charge in [0, 0.05) is 24.8 Å². The van der Waals surface area contributed by atoms with Gasteiger partial charge in [-0.05, 0) is 37.1 Å². The van der Waals surface area contributed by atoms with E-state index >= 15 is 0 Å². The van der Waals surface area contributed by atoms with E-state index in [0.29, 0.717) is 19.1 Å². The van der Waals surface area contributed by atoms with Crippen LogP contribution in [-0.2, 0) is 4.74 Å². The highest BCUT2D eigenvalue weighted by atomic mass is 35.5. The summed E-state index contributed by atoms with van der Waals surface area (Å²) in [5.41, 5.74) is 3.15. The fourth-order valence-corrected chi connectivity index (χ4v) is 4.94. The van der Waals surface area contributed by atoms with Crippen molar-refractivity contribution >= 4 is 46.4 Å². The van der Waals surface area contributed by atoms with Crippen LogP contribution < -0.4 is 14.4 Å². The number of aromatic nitrogens is 3. The minimum atomic E-state index is 0.494. The van der Waals surface area contributed by atoms with Gasteiger partial charge in [0.25, 0.3) is 0 Å². The number of anilines is 2. The van der Waals surface area contributed by atoms with Gasteiger partial charge in [0.1, 0.15) is 17.8 Å². The molecule has 3 aromatic rings. The smallest absolute Gasteiger partial charge is 0.238 e. The molecular weight excluding hydrogens is 454 g/mol. The van der Waals surface area contributed by atoms with Crippen LogP contribution in [0.5, 0.6) is 5.88 Å². The average Bonchev–Trinajstić information content (AvgIpc) is 3.22. The predicted molar refractivity (Wildman–Crippen MR) is 125 cm³/mol. The Morgan fingerprint density at radius 3 is 2.81 bits per heavy atom. The second-order valence-corrected chi connectivity index (χ2v) is 9.37. The van der Waals surface area contributed by atoms with Crippen LogP contribution in [0.4, 0.5) is 11.5 Å². The lowest BCUT2D eigenvalue weighted by Gasteiger charge is -2.28. The monoisotopic (exact) mass is 473 g/mol. The summed E-state index contributed by atoms with van der Waals surface area (Å²) < 4.78 is 15.9. The lowest BCUT2D eigenvalue weighted by molar-refractivity contribution is 0.122. The van der Waals surface area contributed by atoms with E-state index in [0.717, 1.165) is 50.0 Å². The normalized spacial score (nSPS) is 13.5. The molecule has 0 unspecified atom stereocenters. The highest BCUT2D eigenvalue weighted by Gasteiger charge is 2.17. The summed E-state index contributed by atoms with van der Waals surface area (Å²) in [5, 5.41) is 0. The Balaban J connectivity index is 1.59. The Morgan fingerprint density at radius 2 is 2.06 bits per heavy atom. The van der Waals surface area contributed by atoms with Crippen LogP contribution in [0, 0.1) is 18.8 Å². The third kappa shape index (κ3) is 5.40. The molecule has 0 radical (unpaired) electrons. The first-order valence-corrected chi connectivity index (χ1v) is 11.5. The quantitative estimate of drug-likeness (QED) is 0.435. The maximum atomic E-state index is 6.01. The van der Waals surface area contributed by atoms with Crippen LogP contribution in [0.1, 0.15) is 16.8 Å². The van der Waals surface area contributed by atoms with E-state index in [-0.39, 0.29) is 0 Å². The van der Waals surface area contributed by atoms with Crippen molar-refractivity contribution in [2.24, 2.45) is 0 Å². The van der Waals surface area contributed by atoms with Crippen molar-refractivity contribution in [2.45, 2.75) is 11.1 Å². The number of nitrogens with zero attached hydrogens (tertiary/aromatic N) is 4. The highest BCUT2D eigenvalue weighted by molar-refractivity contribution is 8.02. The van der Waals surface area contributed by atoms with Crippen molar-refractivity contribution in [1.29, 1.82) is 0 Å². The van der Waals surface area contributed by atoms with Gasteiger partial charge < -0.3 is 19.1 Å². The third-order valence-electron chi connectivity index (χ3n) is 4.51. The van der Waals surface area contributed by atoms with Crippen molar-refractivity contribution in [3.05, 3.63) is 51.9 Å². The zero-order valence-electron chi connectivity index (χ0n) is 17.0. The molecule has 0 saturated carbocycles. The summed E-state index contributed by atoms with van der Waals surface area (Å²) in [4.78, 5) is 15.4. The molecule has 0 amide bonds.